The number of carbonyl (C=O) groups is 1. The van der Waals surface area contributed by atoms with E-state index in [2.05, 4.69) is 17.1 Å². The second kappa shape index (κ2) is 8.48. The highest BCUT2D eigenvalue weighted by atomic mass is 16.5. The number of hydrogen-bond acceptors (Lipinski definition) is 4. The highest BCUT2D eigenvalue weighted by molar-refractivity contribution is 5.76. The van der Waals surface area contributed by atoms with Crippen LogP contribution in [0.2, 0.25) is 0 Å². The average molecular weight is 256 g/mol. The minimum absolute atomic E-state index is 0.114. The fourth-order valence-corrected chi connectivity index (χ4v) is 2.55. The summed E-state index contributed by atoms with van der Waals surface area (Å²) >= 11 is 0. The Hall–Kier alpha value is -0.610. The van der Waals surface area contributed by atoms with Crippen molar-refractivity contribution in [3.63, 3.8) is 0 Å². The molecule has 0 aliphatic carbocycles. The van der Waals surface area contributed by atoms with Crippen molar-refractivity contribution < 1.29 is 9.53 Å². The molecule has 1 fully saturated rings. The lowest BCUT2D eigenvalue weighted by molar-refractivity contribution is -0.146. The monoisotopic (exact) mass is 256 g/mol. The third-order valence-corrected chi connectivity index (χ3v) is 3.75. The van der Waals surface area contributed by atoms with Crippen molar-refractivity contribution in [2.24, 2.45) is 5.92 Å². The largest absolute Gasteiger partial charge is 0.465 e. The zero-order chi connectivity index (χ0) is 13.4. The lowest BCUT2D eigenvalue weighted by atomic mass is 9.94. The zero-order valence-electron chi connectivity index (χ0n) is 12.1. The molecule has 0 aromatic carbocycles. The molecular formula is C14H28N2O2. The molecule has 4 heteroatoms. The van der Waals surface area contributed by atoms with Crippen LogP contribution in [0.3, 0.4) is 0 Å². The summed E-state index contributed by atoms with van der Waals surface area (Å²) in [7, 11) is 0. The second-order valence-corrected chi connectivity index (χ2v) is 5.01. The highest BCUT2D eigenvalue weighted by Crippen LogP contribution is 2.19. The zero-order valence-corrected chi connectivity index (χ0v) is 12.1. The topological polar surface area (TPSA) is 41.6 Å². The second-order valence-electron chi connectivity index (χ2n) is 5.01. The van der Waals surface area contributed by atoms with Crippen molar-refractivity contribution in [2.45, 2.75) is 46.1 Å². The Morgan fingerprint density at radius 3 is 2.50 bits per heavy atom. The van der Waals surface area contributed by atoms with Crippen LogP contribution in [0.5, 0.6) is 0 Å². The molecule has 0 aromatic rings. The van der Waals surface area contributed by atoms with Gasteiger partial charge in [-0.3, -0.25) is 4.79 Å². The van der Waals surface area contributed by atoms with E-state index in [4.69, 9.17) is 4.74 Å². The summed E-state index contributed by atoms with van der Waals surface area (Å²) < 4.78 is 5.11. The molecule has 0 aromatic heterocycles. The third-order valence-electron chi connectivity index (χ3n) is 3.75. The summed E-state index contributed by atoms with van der Waals surface area (Å²) in [5.74, 6) is 0.762. The summed E-state index contributed by atoms with van der Waals surface area (Å²) in [6.45, 7) is 10.4. The number of ether oxygens (including phenoxy) is 1. The predicted molar refractivity (Wildman–Crippen MR) is 73.6 cm³/mol. The number of esters is 1. The van der Waals surface area contributed by atoms with E-state index in [9.17, 15) is 4.79 Å². The summed E-state index contributed by atoms with van der Waals surface area (Å²) in [6, 6.07) is -0.173. The number of likely N-dealkylation sites (tertiary alicyclic amines) is 1. The van der Waals surface area contributed by atoms with Gasteiger partial charge in [0.2, 0.25) is 0 Å². The molecule has 1 unspecified atom stereocenters. The Labute approximate surface area is 111 Å². The van der Waals surface area contributed by atoms with Gasteiger partial charge in [-0.05, 0) is 45.3 Å². The minimum atomic E-state index is -0.173. The van der Waals surface area contributed by atoms with Crippen LogP contribution in [0.15, 0.2) is 0 Å². The fraction of sp³-hybridized carbons (Fsp3) is 0.929. The standard InChI is InChI=1S/C14H28N2O2/c1-4-12-7-9-16(10-8-12)11-13(15-5-2)14(17)18-6-3/h12-13,15H,4-11H2,1-3H3. The molecule has 106 valence electrons. The first kappa shape index (κ1) is 15.4. The number of nitrogens with one attached hydrogen (secondary N) is 1. The van der Waals surface area contributed by atoms with Crippen LogP contribution in [-0.4, -0.2) is 49.7 Å². The van der Waals surface area contributed by atoms with Crippen molar-refractivity contribution in [1.29, 1.82) is 0 Å². The number of piperidine rings is 1. The Morgan fingerprint density at radius 2 is 2.00 bits per heavy atom. The van der Waals surface area contributed by atoms with E-state index in [1.807, 2.05) is 13.8 Å². The van der Waals surface area contributed by atoms with Gasteiger partial charge < -0.3 is 15.0 Å². The molecule has 0 radical (unpaired) electrons. The summed E-state index contributed by atoms with van der Waals surface area (Å²) in [6.07, 6.45) is 3.80. The number of carbonyl (C=O) groups excluding carboxylic acids is 1. The van der Waals surface area contributed by atoms with Gasteiger partial charge in [0.15, 0.2) is 0 Å². The van der Waals surface area contributed by atoms with E-state index in [0.29, 0.717) is 6.61 Å². The van der Waals surface area contributed by atoms with Gasteiger partial charge in [0.05, 0.1) is 6.61 Å². The van der Waals surface area contributed by atoms with E-state index in [0.717, 1.165) is 32.1 Å². The molecular weight excluding hydrogens is 228 g/mol. The van der Waals surface area contributed by atoms with Crippen molar-refractivity contribution in [2.75, 3.05) is 32.8 Å². The van der Waals surface area contributed by atoms with Gasteiger partial charge in [-0.2, -0.15) is 0 Å². The van der Waals surface area contributed by atoms with Crippen LogP contribution in [0.25, 0.3) is 0 Å². The summed E-state index contributed by atoms with van der Waals surface area (Å²) in [5, 5.41) is 3.22. The van der Waals surface area contributed by atoms with Crippen LogP contribution in [-0.2, 0) is 9.53 Å². The number of likely N-dealkylation sites (N-methyl/N-ethyl adjacent to an activating group) is 1. The van der Waals surface area contributed by atoms with Crippen LogP contribution in [0.4, 0.5) is 0 Å². The van der Waals surface area contributed by atoms with Crippen LogP contribution >= 0.6 is 0 Å². The number of hydrogen-bond donors (Lipinski definition) is 1. The van der Waals surface area contributed by atoms with Crippen molar-refractivity contribution in [3.05, 3.63) is 0 Å². The molecule has 1 rings (SSSR count). The van der Waals surface area contributed by atoms with Crippen LogP contribution in [0, 0.1) is 5.92 Å². The van der Waals surface area contributed by atoms with Gasteiger partial charge in [0.25, 0.3) is 0 Å². The van der Waals surface area contributed by atoms with Gasteiger partial charge in [-0.25, -0.2) is 0 Å². The quantitative estimate of drug-likeness (QED) is 0.703. The van der Waals surface area contributed by atoms with Gasteiger partial charge in [-0.15, -0.1) is 0 Å². The Kier molecular flexibility index (Phi) is 7.28. The van der Waals surface area contributed by atoms with Gasteiger partial charge >= 0.3 is 5.97 Å². The molecule has 1 N–H and O–H groups in total. The van der Waals surface area contributed by atoms with E-state index in [1.165, 1.54) is 19.3 Å². The predicted octanol–water partition coefficient (Wildman–Crippen LogP) is 1.65. The normalized spacial score (nSPS) is 19.7. The number of nitrogens with zero attached hydrogens (tertiary/aromatic N) is 1. The van der Waals surface area contributed by atoms with Gasteiger partial charge in [0, 0.05) is 6.54 Å². The van der Waals surface area contributed by atoms with Crippen LogP contribution in [0.1, 0.15) is 40.0 Å². The van der Waals surface area contributed by atoms with Crippen LogP contribution < -0.4 is 5.32 Å². The molecule has 1 saturated heterocycles. The molecule has 1 aliphatic rings. The first-order valence-corrected chi connectivity index (χ1v) is 7.33. The molecule has 0 saturated carbocycles. The SMILES string of the molecule is CCNC(CN1CCC(CC)CC1)C(=O)OCC. The molecule has 18 heavy (non-hydrogen) atoms. The Balaban J connectivity index is 2.39. The Bertz CT molecular complexity index is 238. The minimum Gasteiger partial charge on any atom is -0.465 e. The van der Waals surface area contributed by atoms with E-state index >= 15 is 0 Å². The molecule has 0 bridgehead atoms. The van der Waals surface area contributed by atoms with Gasteiger partial charge in [-0.1, -0.05) is 20.3 Å². The molecule has 1 aliphatic heterocycles. The summed E-state index contributed by atoms with van der Waals surface area (Å²) in [5.41, 5.74) is 0. The molecule has 4 nitrogen and oxygen atoms in total. The lowest BCUT2D eigenvalue weighted by Gasteiger charge is -2.33. The van der Waals surface area contributed by atoms with E-state index < -0.39 is 0 Å². The highest BCUT2D eigenvalue weighted by Gasteiger charge is 2.24. The first-order valence-electron chi connectivity index (χ1n) is 7.33. The van der Waals surface area contributed by atoms with Crippen molar-refractivity contribution in [3.8, 4) is 0 Å². The van der Waals surface area contributed by atoms with E-state index in [-0.39, 0.29) is 12.0 Å². The maximum absolute atomic E-state index is 11.8. The maximum Gasteiger partial charge on any atom is 0.324 e. The molecule has 1 atom stereocenters. The average Bonchev–Trinajstić information content (AvgIpc) is 2.39. The van der Waals surface area contributed by atoms with E-state index in [1.54, 1.807) is 0 Å². The van der Waals surface area contributed by atoms with Gasteiger partial charge in [0.1, 0.15) is 6.04 Å². The van der Waals surface area contributed by atoms with Crippen molar-refractivity contribution in [1.82, 2.24) is 10.2 Å². The molecule has 0 spiro atoms. The lowest BCUT2D eigenvalue weighted by Crippen LogP contribution is -2.48. The van der Waals surface area contributed by atoms with Crippen molar-refractivity contribution >= 4 is 5.97 Å². The third kappa shape index (κ3) is 4.94. The molecule has 0 amide bonds. The Morgan fingerprint density at radius 1 is 1.33 bits per heavy atom. The fourth-order valence-electron chi connectivity index (χ4n) is 2.55. The smallest absolute Gasteiger partial charge is 0.324 e. The number of rotatable bonds is 7. The maximum atomic E-state index is 11.8. The molecule has 1 heterocycles. The first-order chi connectivity index (χ1) is 8.71. The summed E-state index contributed by atoms with van der Waals surface area (Å²) in [4.78, 5) is 14.2.